The van der Waals surface area contributed by atoms with Crippen molar-refractivity contribution in [1.82, 2.24) is 0 Å². The van der Waals surface area contributed by atoms with Crippen LogP contribution in [0.3, 0.4) is 0 Å². The average molecular weight is 480 g/mol. The van der Waals surface area contributed by atoms with Gasteiger partial charge in [0, 0.05) is 23.3 Å². The van der Waals surface area contributed by atoms with Crippen LogP contribution in [0.2, 0.25) is 0 Å². The van der Waals surface area contributed by atoms with Gasteiger partial charge in [0.2, 0.25) is 0 Å². The lowest BCUT2D eigenvalue weighted by Gasteiger charge is -2.16. The third-order valence-corrected chi connectivity index (χ3v) is 5.17. The number of hydrogen-bond acceptors (Lipinski definition) is 7. The normalized spacial score (nSPS) is 10.4. The van der Waals surface area contributed by atoms with E-state index in [0.717, 1.165) is 11.1 Å². The summed E-state index contributed by atoms with van der Waals surface area (Å²) >= 11 is 0. The highest BCUT2D eigenvalue weighted by molar-refractivity contribution is 6.08. The maximum absolute atomic E-state index is 13.1. The molecule has 0 aliphatic heterocycles. The first-order chi connectivity index (χ1) is 17.0. The molecule has 3 aromatic carbocycles. The van der Waals surface area contributed by atoms with Crippen LogP contribution in [0.25, 0.3) is 0 Å². The maximum atomic E-state index is 13.1. The molecule has 0 heterocycles. The Bertz CT molecular complexity index is 1160. The van der Waals surface area contributed by atoms with Crippen molar-refractivity contribution in [2.75, 3.05) is 33.3 Å². The van der Waals surface area contributed by atoms with Gasteiger partial charge in [-0.15, -0.1) is 0 Å². The standard InChI is InChI=1S/C27H29NO7/c1-5-35-23-12-11-19(13-20(23)17-34-16-18-9-7-6-8-10-18)26(29)28-22-15-25(32-3)24(31-2)14-21(22)27(30)33-4/h6-15H,5,16-17H2,1-4H3,(H,28,29). The van der Waals surface area contributed by atoms with Crippen molar-refractivity contribution < 1.29 is 33.3 Å². The van der Waals surface area contributed by atoms with Crippen molar-refractivity contribution in [2.24, 2.45) is 0 Å². The number of anilines is 1. The van der Waals surface area contributed by atoms with E-state index in [4.69, 9.17) is 23.7 Å². The van der Waals surface area contributed by atoms with E-state index in [9.17, 15) is 9.59 Å². The van der Waals surface area contributed by atoms with E-state index in [0.29, 0.717) is 36.0 Å². The van der Waals surface area contributed by atoms with E-state index in [1.807, 2.05) is 37.3 Å². The second-order valence-electron chi connectivity index (χ2n) is 7.43. The average Bonchev–Trinajstić information content (AvgIpc) is 2.89. The van der Waals surface area contributed by atoms with Crippen LogP contribution in [0.15, 0.2) is 60.7 Å². The minimum Gasteiger partial charge on any atom is -0.494 e. The molecule has 0 spiro atoms. The molecule has 0 fully saturated rings. The van der Waals surface area contributed by atoms with Crippen LogP contribution in [0.5, 0.6) is 17.2 Å². The van der Waals surface area contributed by atoms with E-state index in [2.05, 4.69) is 5.32 Å². The zero-order valence-electron chi connectivity index (χ0n) is 20.3. The lowest BCUT2D eigenvalue weighted by Crippen LogP contribution is -2.16. The summed E-state index contributed by atoms with van der Waals surface area (Å²) in [6.45, 7) is 3.05. The van der Waals surface area contributed by atoms with Crippen LogP contribution in [0.1, 0.15) is 38.8 Å². The van der Waals surface area contributed by atoms with Crippen molar-refractivity contribution in [3.8, 4) is 17.2 Å². The molecule has 184 valence electrons. The first-order valence-electron chi connectivity index (χ1n) is 11.0. The third-order valence-electron chi connectivity index (χ3n) is 5.17. The van der Waals surface area contributed by atoms with Crippen LogP contribution in [-0.4, -0.2) is 39.8 Å². The number of methoxy groups -OCH3 is 3. The summed E-state index contributed by atoms with van der Waals surface area (Å²) in [7, 11) is 4.19. The molecule has 0 saturated carbocycles. The molecule has 35 heavy (non-hydrogen) atoms. The predicted molar refractivity (Wildman–Crippen MR) is 131 cm³/mol. The van der Waals surface area contributed by atoms with Crippen molar-refractivity contribution in [2.45, 2.75) is 20.1 Å². The summed E-state index contributed by atoms with van der Waals surface area (Å²) in [6, 6.07) is 17.9. The Morgan fingerprint density at radius 1 is 0.829 bits per heavy atom. The van der Waals surface area contributed by atoms with Gasteiger partial charge in [0.25, 0.3) is 5.91 Å². The molecule has 8 heteroatoms. The molecule has 0 aromatic heterocycles. The molecule has 0 radical (unpaired) electrons. The molecule has 0 aliphatic rings. The first-order valence-corrected chi connectivity index (χ1v) is 11.0. The summed E-state index contributed by atoms with van der Waals surface area (Å²) in [5, 5.41) is 2.77. The lowest BCUT2D eigenvalue weighted by molar-refractivity contribution is 0.0601. The zero-order chi connectivity index (χ0) is 25.2. The van der Waals surface area contributed by atoms with E-state index in [1.54, 1.807) is 18.2 Å². The molecular weight excluding hydrogens is 450 g/mol. The minimum atomic E-state index is -0.622. The topological polar surface area (TPSA) is 92.3 Å². The molecule has 1 N–H and O–H groups in total. The number of nitrogens with one attached hydrogen (secondary N) is 1. The van der Waals surface area contributed by atoms with Gasteiger partial charge in [0.1, 0.15) is 5.75 Å². The lowest BCUT2D eigenvalue weighted by atomic mass is 10.1. The summed E-state index contributed by atoms with van der Waals surface area (Å²) < 4.78 is 27.0. The summed E-state index contributed by atoms with van der Waals surface area (Å²) in [5.74, 6) is 0.290. The summed E-state index contributed by atoms with van der Waals surface area (Å²) in [5.41, 5.74) is 2.52. The Morgan fingerprint density at radius 2 is 1.54 bits per heavy atom. The minimum absolute atomic E-state index is 0.135. The Labute approximate surface area is 204 Å². The quantitative estimate of drug-likeness (QED) is 0.393. The molecular formula is C27H29NO7. The second-order valence-corrected chi connectivity index (χ2v) is 7.43. The number of rotatable bonds is 11. The number of carbonyl (C=O) groups excluding carboxylic acids is 2. The predicted octanol–water partition coefficient (Wildman–Crippen LogP) is 4.86. The molecule has 0 atom stereocenters. The van der Waals surface area contributed by atoms with Gasteiger partial charge in [-0.3, -0.25) is 4.79 Å². The first kappa shape index (κ1) is 25.6. The van der Waals surface area contributed by atoms with Gasteiger partial charge in [-0.25, -0.2) is 4.79 Å². The van der Waals surface area contributed by atoms with Crippen LogP contribution >= 0.6 is 0 Å². The van der Waals surface area contributed by atoms with Crippen LogP contribution in [0.4, 0.5) is 5.69 Å². The van der Waals surface area contributed by atoms with Crippen LogP contribution in [-0.2, 0) is 22.7 Å². The Morgan fingerprint density at radius 3 is 2.20 bits per heavy atom. The van der Waals surface area contributed by atoms with Crippen molar-refractivity contribution >= 4 is 17.6 Å². The van der Waals surface area contributed by atoms with Crippen molar-refractivity contribution in [3.63, 3.8) is 0 Å². The summed E-state index contributed by atoms with van der Waals surface area (Å²) in [6.07, 6.45) is 0. The number of benzene rings is 3. The number of carbonyl (C=O) groups is 2. The van der Waals surface area contributed by atoms with E-state index < -0.39 is 11.9 Å². The van der Waals surface area contributed by atoms with Crippen LogP contribution < -0.4 is 19.5 Å². The van der Waals surface area contributed by atoms with Gasteiger partial charge in [-0.1, -0.05) is 30.3 Å². The largest absolute Gasteiger partial charge is 0.494 e. The Hall–Kier alpha value is -4.04. The smallest absolute Gasteiger partial charge is 0.340 e. The number of esters is 1. The number of amides is 1. The van der Waals surface area contributed by atoms with E-state index >= 15 is 0 Å². The molecule has 0 unspecified atom stereocenters. The van der Waals surface area contributed by atoms with E-state index in [1.165, 1.54) is 33.5 Å². The second kappa shape index (κ2) is 12.4. The van der Waals surface area contributed by atoms with Gasteiger partial charge in [-0.05, 0) is 30.7 Å². The van der Waals surface area contributed by atoms with Gasteiger partial charge in [0.05, 0.1) is 52.4 Å². The van der Waals surface area contributed by atoms with Gasteiger partial charge < -0.3 is 29.0 Å². The van der Waals surface area contributed by atoms with Gasteiger partial charge in [-0.2, -0.15) is 0 Å². The number of hydrogen-bond donors (Lipinski definition) is 1. The Balaban J connectivity index is 1.84. The van der Waals surface area contributed by atoms with Gasteiger partial charge >= 0.3 is 5.97 Å². The molecule has 0 saturated heterocycles. The zero-order valence-corrected chi connectivity index (χ0v) is 20.3. The highest BCUT2D eigenvalue weighted by atomic mass is 16.5. The fourth-order valence-electron chi connectivity index (χ4n) is 3.44. The van der Waals surface area contributed by atoms with Gasteiger partial charge in [0.15, 0.2) is 11.5 Å². The molecule has 0 bridgehead atoms. The molecule has 3 aromatic rings. The van der Waals surface area contributed by atoms with Crippen LogP contribution in [0, 0.1) is 0 Å². The third kappa shape index (κ3) is 6.51. The molecule has 8 nitrogen and oxygen atoms in total. The molecule has 0 aliphatic carbocycles. The fourth-order valence-corrected chi connectivity index (χ4v) is 3.44. The van der Waals surface area contributed by atoms with Crippen molar-refractivity contribution in [1.29, 1.82) is 0 Å². The highest BCUT2D eigenvalue weighted by Crippen LogP contribution is 2.34. The number of ether oxygens (including phenoxy) is 5. The SMILES string of the molecule is CCOc1ccc(C(=O)Nc2cc(OC)c(OC)cc2C(=O)OC)cc1COCc1ccccc1. The molecule has 1 amide bonds. The van der Waals surface area contributed by atoms with E-state index in [-0.39, 0.29) is 17.9 Å². The summed E-state index contributed by atoms with van der Waals surface area (Å²) in [4.78, 5) is 25.5. The fraction of sp³-hybridized carbons (Fsp3) is 0.259. The highest BCUT2D eigenvalue weighted by Gasteiger charge is 2.20. The Kier molecular flexibility index (Phi) is 9.09. The van der Waals surface area contributed by atoms with Crippen molar-refractivity contribution in [3.05, 3.63) is 82.9 Å². The molecule has 3 rings (SSSR count). The maximum Gasteiger partial charge on any atom is 0.340 e. The monoisotopic (exact) mass is 479 g/mol.